The lowest BCUT2D eigenvalue weighted by Gasteiger charge is -2.24. The number of hydrogen-bond acceptors (Lipinski definition) is 11. The Morgan fingerprint density at radius 2 is 0.974 bits per heavy atom. The average molecular weight is 563 g/mol. The van der Waals surface area contributed by atoms with E-state index in [0.717, 1.165) is 4.90 Å². The molecular formula is C26H46N2O11. The van der Waals surface area contributed by atoms with Crippen LogP contribution in [0.2, 0.25) is 0 Å². The first-order chi connectivity index (χ1) is 18.7. The van der Waals surface area contributed by atoms with Gasteiger partial charge in [-0.2, -0.15) is 0 Å². The van der Waals surface area contributed by atoms with E-state index in [0.29, 0.717) is 92.4 Å². The maximum absolute atomic E-state index is 11.8. The van der Waals surface area contributed by atoms with Gasteiger partial charge in [0.25, 0.3) is 11.8 Å². The van der Waals surface area contributed by atoms with E-state index in [4.69, 9.17) is 37.9 Å². The minimum absolute atomic E-state index is 0.237. The number of imide groups is 1. The van der Waals surface area contributed by atoms with Crippen LogP contribution in [0.3, 0.4) is 0 Å². The molecule has 0 atom stereocenters. The third-order valence-corrected chi connectivity index (χ3v) is 4.87. The minimum Gasteiger partial charge on any atom is -0.444 e. The zero-order chi connectivity index (χ0) is 28.8. The molecule has 39 heavy (non-hydrogen) atoms. The van der Waals surface area contributed by atoms with Gasteiger partial charge in [-0.1, -0.05) is 0 Å². The van der Waals surface area contributed by atoms with Crippen LogP contribution in [0.15, 0.2) is 12.2 Å². The van der Waals surface area contributed by atoms with E-state index in [1.54, 1.807) is 7.05 Å². The number of likely N-dealkylation sites (N-methyl/N-ethyl adjacent to an activating group) is 1. The highest BCUT2D eigenvalue weighted by atomic mass is 16.6. The Balaban J connectivity index is 1.72. The molecule has 1 heterocycles. The summed E-state index contributed by atoms with van der Waals surface area (Å²) in [5.41, 5.74) is -0.514. The van der Waals surface area contributed by atoms with Crippen LogP contribution in [0.1, 0.15) is 20.8 Å². The molecule has 0 bridgehead atoms. The van der Waals surface area contributed by atoms with Crippen molar-refractivity contribution in [3.8, 4) is 0 Å². The van der Waals surface area contributed by atoms with Crippen LogP contribution in [0.4, 0.5) is 4.79 Å². The maximum atomic E-state index is 11.8. The highest BCUT2D eigenvalue weighted by molar-refractivity contribution is 6.12. The average Bonchev–Trinajstić information content (AvgIpc) is 3.20. The molecule has 0 aliphatic carbocycles. The summed E-state index contributed by atoms with van der Waals surface area (Å²) >= 11 is 0. The van der Waals surface area contributed by atoms with Crippen molar-refractivity contribution in [3.05, 3.63) is 12.2 Å². The van der Waals surface area contributed by atoms with Crippen LogP contribution in [-0.2, 0) is 47.5 Å². The molecule has 1 aliphatic heterocycles. The van der Waals surface area contributed by atoms with Crippen molar-refractivity contribution in [2.24, 2.45) is 0 Å². The van der Waals surface area contributed by atoms with Gasteiger partial charge in [-0.3, -0.25) is 14.5 Å². The molecule has 1 aliphatic rings. The van der Waals surface area contributed by atoms with E-state index in [9.17, 15) is 14.4 Å². The van der Waals surface area contributed by atoms with Crippen molar-refractivity contribution in [1.29, 1.82) is 0 Å². The predicted octanol–water partition coefficient (Wildman–Crippen LogP) is 0.895. The fourth-order valence-corrected chi connectivity index (χ4v) is 2.86. The van der Waals surface area contributed by atoms with E-state index in [1.165, 1.54) is 17.1 Å². The zero-order valence-corrected chi connectivity index (χ0v) is 23.9. The van der Waals surface area contributed by atoms with E-state index >= 15 is 0 Å². The van der Waals surface area contributed by atoms with Crippen molar-refractivity contribution in [2.45, 2.75) is 26.4 Å². The van der Waals surface area contributed by atoms with Gasteiger partial charge in [0, 0.05) is 25.7 Å². The molecule has 0 spiro atoms. The van der Waals surface area contributed by atoms with Gasteiger partial charge >= 0.3 is 6.09 Å². The fourth-order valence-electron chi connectivity index (χ4n) is 2.86. The van der Waals surface area contributed by atoms with Crippen molar-refractivity contribution < 1.29 is 52.3 Å². The van der Waals surface area contributed by atoms with Crippen LogP contribution in [-0.4, -0.2) is 146 Å². The van der Waals surface area contributed by atoms with Crippen molar-refractivity contribution >= 4 is 17.9 Å². The van der Waals surface area contributed by atoms with Crippen LogP contribution >= 0.6 is 0 Å². The predicted molar refractivity (Wildman–Crippen MR) is 140 cm³/mol. The molecule has 0 radical (unpaired) electrons. The number of carbonyl (C=O) groups is 3. The Kier molecular flexibility index (Phi) is 19.4. The van der Waals surface area contributed by atoms with Crippen LogP contribution < -0.4 is 0 Å². The van der Waals surface area contributed by atoms with Crippen LogP contribution in [0, 0.1) is 0 Å². The molecule has 13 nitrogen and oxygen atoms in total. The standard InChI is InChI=1S/C26H46N2O11/c1-26(2,3)39-25(31)27(4)7-9-32-11-13-34-15-17-36-19-21-38-22-20-37-18-16-35-14-12-33-10-8-28-23(29)5-6-24(28)30/h5-6H,7-22H2,1-4H3. The molecule has 1 rings (SSSR count). The zero-order valence-electron chi connectivity index (χ0n) is 23.9. The van der Waals surface area contributed by atoms with Gasteiger partial charge in [-0.15, -0.1) is 0 Å². The number of ether oxygens (including phenoxy) is 8. The Morgan fingerprint density at radius 3 is 1.33 bits per heavy atom. The quantitative estimate of drug-likeness (QED) is 0.123. The highest BCUT2D eigenvalue weighted by Crippen LogP contribution is 2.08. The van der Waals surface area contributed by atoms with Crippen LogP contribution in [0.5, 0.6) is 0 Å². The van der Waals surface area contributed by atoms with E-state index in [-0.39, 0.29) is 31.1 Å². The van der Waals surface area contributed by atoms with Crippen molar-refractivity contribution in [1.82, 2.24) is 9.80 Å². The Bertz CT molecular complexity index is 695. The molecule has 0 unspecified atom stereocenters. The lowest BCUT2D eigenvalue weighted by atomic mass is 10.2. The largest absolute Gasteiger partial charge is 0.444 e. The first-order valence-corrected chi connectivity index (χ1v) is 13.2. The molecule has 13 heteroatoms. The second-order valence-corrected chi connectivity index (χ2v) is 9.35. The lowest BCUT2D eigenvalue weighted by molar-refractivity contribution is -0.137. The Labute approximate surface area is 231 Å². The number of rotatable bonds is 24. The third-order valence-electron chi connectivity index (χ3n) is 4.87. The smallest absolute Gasteiger partial charge is 0.410 e. The van der Waals surface area contributed by atoms with E-state index in [2.05, 4.69) is 0 Å². The summed E-state index contributed by atoms with van der Waals surface area (Å²) in [5, 5.41) is 0. The number of amides is 3. The molecule has 0 aromatic heterocycles. The summed E-state index contributed by atoms with van der Waals surface area (Å²) in [6.45, 7) is 12.2. The number of nitrogens with zero attached hydrogens (tertiary/aromatic N) is 2. The first kappa shape index (κ1) is 34.9. The minimum atomic E-state index is -0.514. The molecule has 0 saturated heterocycles. The van der Waals surface area contributed by atoms with Gasteiger partial charge < -0.3 is 42.8 Å². The molecule has 0 N–H and O–H groups in total. The van der Waals surface area contributed by atoms with Crippen molar-refractivity contribution in [2.75, 3.05) is 113 Å². The monoisotopic (exact) mass is 562 g/mol. The number of carbonyl (C=O) groups excluding carboxylic acids is 3. The Hall–Kier alpha value is -2.13. The summed E-state index contributed by atoms with van der Waals surface area (Å²) in [6, 6.07) is 0. The summed E-state index contributed by atoms with van der Waals surface area (Å²) in [7, 11) is 1.67. The second kappa shape index (κ2) is 21.7. The summed E-state index contributed by atoms with van der Waals surface area (Å²) in [4.78, 5) is 37.2. The summed E-state index contributed by atoms with van der Waals surface area (Å²) < 4.78 is 43.2. The van der Waals surface area contributed by atoms with Gasteiger partial charge in [-0.25, -0.2) is 4.79 Å². The third kappa shape index (κ3) is 19.6. The van der Waals surface area contributed by atoms with Gasteiger partial charge in [0.05, 0.1) is 99.0 Å². The maximum Gasteiger partial charge on any atom is 0.410 e. The lowest BCUT2D eigenvalue weighted by Crippen LogP contribution is -2.36. The van der Waals surface area contributed by atoms with Gasteiger partial charge in [-0.05, 0) is 20.8 Å². The summed E-state index contributed by atoms with van der Waals surface area (Å²) in [5.74, 6) is -0.618. The highest BCUT2D eigenvalue weighted by Gasteiger charge is 2.22. The Morgan fingerprint density at radius 1 is 0.641 bits per heavy atom. The van der Waals surface area contributed by atoms with E-state index in [1.807, 2.05) is 20.8 Å². The molecule has 3 amide bonds. The molecular weight excluding hydrogens is 516 g/mol. The summed E-state index contributed by atoms with van der Waals surface area (Å²) in [6.07, 6.45) is 2.13. The van der Waals surface area contributed by atoms with Gasteiger partial charge in [0.1, 0.15) is 5.60 Å². The molecule has 0 saturated carbocycles. The fraction of sp³-hybridized carbons (Fsp3) is 0.808. The molecule has 0 aromatic rings. The molecule has 226 valence electrons. The van der Waals surface area contributed by atoms with Gasteiger partial charge in [0.2, 0.25) is 0 Å². The number of hydrogen-bond donors (Lipinski definition) is 0. The van der Waals surface area contributed by atoms with Crippen molar-refractivity contribution in [3.63, 3.8) is 0 Å². The first-order valence-electron chi connectivity index (χ1n) is 13.2. The van der Waals surface area contributed by atoms with Crippen LogP contribution in [0.25, 0.3) is 0 Å². The second-order valence-electron chi connectivity index (χ2n) is 9.35. The molecule has 0 fully saturated rings. The van der Waals surface area contributed by atoms with Gasteiger partial charge in [0.15, 0.2) is 0 Å². The molecule has 0 aromatic carbocycles. The van der Waals surface area contributed by atoms with E-state index < -0.39 is 5.60 Å². The SMILES string of the molecule is CN(CCOCCOCCOCCOCCOCCOCCOCCN1C(=O)C=CC1=O)C(=O)OC(C)(C)C. The normalized spacial score (nSPS) is 13.5. The topological polar surface area (TPSA) is 132 Å².